The molecule has 1 fully saturated rings. The van der Waals surface area contributed by atoms with Crippen LogP contribution in [0.1, 0.15) is 42.1 Å². The van der Waals surface area contributed by atoms with Gasteiger partial charge in [-0.3, -0.25) is 9.69 Å². The van der Waals surface area contributed by atoms with Gasteiger partial charge in [0.05, 0.1) is 11.3 Å². The lowest BCUT2D eigenvalue weighted by atomic mass is 10.1. The van der Waals surface area contributed by atoms with Gasteiger partial charge in [-0.2, -0.15) is 0 Å². The van der Waals surface area contributed by atoms with Gasteiger partial charge < -0.3 is 10.6 Å². The molecule has 1 heterocycles. The van der Waals surface area contributed by atoms with Crippen molar-refractivity contribution in [2.24, 2.45) is 0 Å². The number of carbonyl (C=O) groups is 1. The van der Waals surface area contributed by atoms with Crippen molar-refractivity contribution < 1.29 is 9.18 Å². The molecule has 1 aliphatic heterocycles. The summed E-state index contributed by atoms with van der Waals surface area (Å²) in [4.78, 5) is 15.2. The Bertz CT molecular complexity index is 837. The molecule has 1 saturated heterocycles. The number of aryl methyl sites for hydroxylation is 1. The molecular weight excluding hydrogens is 468 g/mol. The van der Waals surface area contributed by atoms with Crippen LogP contribution in [0.25, 0.3) is 0 Å². The lowest BCUT2D eigenvalue weighted by Crippen LogP contribution is -2.44. The summed E-state index contributed by atoms with van der Waals surface area (Å²) in [6, 6.07) is 10.6. The Morgan fingerprint density at radius 2 is 1.86 bits per heavy atom. The molecule has 4 nitrogen and oxygen atoms in total. The van der Waals surface area contributed by atoms with Gasteiger partial charge in [-0.05, 0) is 104 Å². The molecule has 3 rings (SSSR count). The molecule has 1 amide bonds. The van der Waals surface area contributed by atoms with Crippen LogP contribution in [0, 0.1) is 16.3 Å². The van der Waals surface area contributed by atoms with Gasteiger partial charge in [-0.25, -0.2) is 4.39 Å². The third-order valence-corrected chi connectivity index (χ3v) is 5.93. The van der Waals surface area contributed by atoms with E-state index in [1.807, 2.05) is 19.1 Å². The fourth-order valence-electron chi connectivity index (χ4n) is 3.55. The van der Waals surface area contributed by atoms with Crippen molar-refractivity contribution in [1.29, 1.82) is 0 Å². The first kappa shape index (κ1) is 21.0. The van der Waals surface area contributed by atoms with Crippen LogP contribution < -0.4 is 10.6 Å². The minimum Gasteiger partial charge on any atom is -0.355 e. The van der Waals surface area contributed by atoms with Gasteiger partial charge in [0, 0.05) is 21.8 Å². The van der Waals surface area contributed by atoms with Crippen LogP contribution >= 0.6 is 22.6 Å². The van der Waals surface area contributed by atoms with Gasteiger partial charge in [-0.1, -0.05) is 6.42 Å². The number of carbonyl (C=O) groups excluding carboxylic acids is 1. The topological polar surface area (TPSA) is 44.4 Å². The quantitative estimate of drug-likeness (QED) is 0.550. The van der Waals surface area contributed by atoms with E-state index in [-0.39, 0.29) is 11.9 Å². The highest BCUT2D eigenvalue weighted by Crippen LogP contribution is 2.25. The molecule has 0 aliphatic carbocycles. The Balaban J connectivity index is 1.71. The first-order valence-electron chi connectivity index (χ1n) is 9.79. The SMILES string of the molecule is Cc1cc(I)ccc1Nc1ccc(F)cc1C(=O)NCC(C)N1CCCCC1. The van der Waals surface area contributed by atoms with Crippen LogP contribution in [0.3, 0.4) is 0 Å². The molecule has 2 aromatic rings. The maximum Gasteiger partial charge on any atom is 0.253 e. The number of anilines is 2. The van der Waals surface area contributed by atoms with Crippen molar-refractivity contribution in [3.8, 4) is 0 Å². The summed E-state index contributed by atoms with van der Waals surface area (Å²) in [6.07, 6.45) is 3.71. The van der Waals surface area contributed by atoms with E-state index in [1.165, 1.54) is 31.4 Å². The number of nitrogens with one attached hydrogen (secondary N) is 2. The number of amides is 1. The third kappa shape index (κ3) is 5.44. The van der Waals surface area contributed by atoms with Gasteiger partial charge in [0.15, 0.2) is 0 Å². The molecule has 150 valence electrons. The molecular formula is C22H27FIN3O. The lowest BCUT2D eigenvalue weighted by Gasteiger charge is -2.32. The zero-order valence-corrected chi connectivity index (χ0v) is 18.6. The lowest BCUT2D eigenvalue weighted by molar-refractivity contribution is 0.0930. The summed E-state index contributed by atoms with van der Waals surface area (Å²) in [7, 11) is 0. The van der Waals surface area contributed by atoms with Crippen molar-refractivity contribution >= 4 is 39.9 Å². The van der Waals surface area contributed by atoms with E-state index in [2.05, 4.69) is 51.1 Å². The highest BCUT2D eigenvalue weighted by Gasteiger charge is 2.19. The smallest absolute Gasteiger partial charge is 0.253 e. The molecule has 2 N–H and O–H groups in total. The summed E-state index contributed by atoms with van der Waals surface area (Å²) in [5, 5.41) is 6.27. The molecule has 0 aromatic heterocycles. The van der Waals surface area contributed by atoms with E-state index in [0.29, 0.717) is 17.8 Å². The van der Waals surface area contributed by atoms with Crippen LogP contribution in [0.5, 0.6) is 0 Å². The number of benzene rings is 2. The first-order chi connectivity index (χ1) is 13.4. The predicted octanol–water partition coefficient (Wildman–Crippen LogP) is 5.09. The Hall–Kier alpha value is -1.67. The van der Waals surface area contributed by atoms with Gasteiger partial charge >= 0.3 is 0 Å². The van der Waals surface area contributed by atoms with Crippen LogP contribution in [0.2, 0.25) is 0 Å². The zero-order valence-electron chi connectivity index (χ0n) is 16.4. The molecule has 0 radical (unpaired) electrons. The second-order valence-electron chi connectivity index (χ2n) is 7.43. The third-order valence-electron chi connectivity index (χ3n) is 5.26. The largest absolute Gasteiger partial charge is 0.355 e. The van der Waals surface area contributed by atoms with Crippen LogP contribution in [-0.2, 0) is 0 Å². The molecule has 1 unspecified atom stereocenters. The van der Waals surface area contributed by atoms with E-state index in [9.17, 15) is 9.18 Å². The van der Waals surface area contributed by atoms with Crippen molar-refractivity contribution in [1.82, 2.24) is 10.2 Å². The van der Waals surface area contributed by atoms with Crippen LogP contribution in [0.15, 0.2) is 36.4 Å². The average Bonchev–Trinajstić information content (AvgIpc) is 2.69. The number of halogens is 2. The maximum absolute atomic E-state index is 13.9. The Kier molecular flexibility index (Phi) is 7.29. The molecule has 0 saturated carbocycles. The van der Waals surface area contributed by atoms with E-state index in [4.69, 9.17) is 0 Å². The summed E-state index contributed by atoms with van der Waals surface area (Å²) >= 11 is 2.26. The second-order valence-corrected chi connectivity index (χ2v) is 8.68. The number of piperidine rings is 1. The minimum atomic E-state index is -0.417. The summed E-state index contributed by atoms with van der Waals surface area (Å²) in [5.74, 6) is -0.673. The summed E-state index contributed by atoms with van der Waals surface area (Å²) in [5.41, 5.74) is 2.90. The Morgan fingerprint density at radius 1 is 1.14 bits per heavy atom. The normalized spacial score (nSPS) is 15.9. The van der Waals surface area contributed by atoms with E-state index in [1.54, 1.807) is 6.07 Å². The molecule has 2 aromatic carbocycles. The van der Waals surface area contributed by atoms with Gasteiger partial charge in [0.25, 0.3) is 5.91 Å². The van der Waals surface area contributed by atoms with E-state index < -0.39 is 5.82 Å². The first-order valence-corrected chi connectivity index (χ1v) is 10.9. The van der Waals surface area contributed by atoms with Gasteiger partial charge in [-0.15, -0.1) is 0 Å². The minimum absolute atomic E-state index is 0.256. The maximum atomic E-state index is 13.9. The molecule has 6 heteroatoms. The highest BCUT2D eigenvalue weighted by molar-refractivity contribution is 14.1. The fourth-order valence-corrected chi connectivity index (χ4v) is 4.20. The van der Waals surface area contributed by atoms with E-state index >= 15 is 0 Å². The van der Waals surface area contributed by atoms with Crippen molar-refractivity contribution in [2.45, 2.75) is 39.2 Å². The Morgan fingerprint density at radius 3 is 2.57 bits per heavy atom. The van der Waals surface area contributed by atoms with Crippen LogP contribution in [-0.4, -0.2) is 36.5 Å². The fraction of sp³-hybridized carbons (Fsp3) is 0.409. The van der Waals surface area contributed by atoms with Crippen LogP contribution in [0.4, 0.5) is 15.8 Å². The standard InChI is InChI=1S/C22H27FIN3O/c1-15-12-18(24)7-9-20(15)26-21-8-6-17(23)13-19(21)22(28)25-14-16(2)27-10-4-3-5-11-27/h6-9,12-13,16,26H,3-5,10-11,14H2,1-2H3,(H,25,28). The molecule has 0 spiro atoms. The molecule has 1 atom stereocenters. The molecule has 28 heavy (non-hydrogen) atoms. The average molecular weight is 495 g/mol. The van der Waals surface area contributed by atoms with Gasteiger partial charge in [0.2, 0.25) is 0 Å². The highest BCUT2D eigenvalue weighted by atomic mass is 127. The van der Waals surface area contributed by atoms with Gasteiger partial charge in [0.1, 0.15) is 5.82 Å². The number of hydrogen-bond acceptors (Lipinski definition) is 3. The number of nitrogens with zero attached hydrogens (tertiary/aromatic N) is 1. The molecule has 1 aliphatic rings. The van der Waals surface area contributed by atoms with Crippen molar-refractivity contribution in [3.05, 3.63) is 56.9 Å². The zero-order chi connectivity index (χ0) is 20.1. The predicted molar refractivity (Wildman–Crippen MR) is 121 cm³/mol. The summed E-state index contributed by atoms with van der Waals surface area (Å²) < 4.78 is 15.0. The number of likely N-dealkylation sites (tertiary alicyclic amines) is 1. The Labute approximate surface area is 180 Å². The van der Waals surface area contributed by atoms with E-state index in [0.717, 1.165) is 27.9 Å². The number of hydrogen-bond donors (Lipinski definition) is 2. The monoisotopic (exact) mass is 495 g/mol. The second kappa shape index (κ2) is 9.69. The van der Waals surface area contributed by atoms with Crippen molar-refractivity contribution in [2.75, 3.05) is 25.0 Å². The van der Waals surface area contributed by atoms with Crippen molar-refractivity contribution in [3.63, 3.8) is 0 Å². The number of rotatable bonds is 6. The summed E-state index contributed by atoms with van der Waals surface area (Å²) in [6.45, 7) is 6.85. The molecule has 0 bridgehead atoms.